The third kappa shape index (κ3) is 5.46. The largest absolute Gasteiger partial charge is 0.493 e. The minimum Gasteiger partial charge on any atom is -0.493 e. The molecule has 0 radical (unpaired) electrons. The third-order valence-electron chi connectivity index (χ3n) is 6.41. The van der Waals surface area contributed by atoms with Crippen molar-refractivity contribution in [1.29, 1.82) is 0 Å². The monoisotopic (exact) mass is 574 g/mol. The highest BCUT2D eigenvalue weighted by molar-refractivity contribution is 7.07. The predicted octanol–water partition coefficient (Wildman–Crippen LogP) is 5.04. The second-order valence-corrected chi connectivity index (χ2v) is 10.4. The zero-order valence-electron chi connectivity index (χ0n) is 22.2. The van der Waals surface area contributed by atoms with Crippen molar-refractivity contribution in [1.82, 2.24) is 4.57 Å². The van der Waals surface area contributed by atoms with E-state index >= 15 is 0 Å². The van der Waals surface area contributed by atoms with Gasteiger partial charge in [0.15, 0.2) is 16.3 Å². The summed E-state index contributed by atoms with van der Waals surface area (Å²) >= 11 is 7.86. The first kappa shape index (κ1) is 27.4. The second kappa shape index (κ2) is 11.9. The number of halogens is 1. The number of carbonyl (C=O) groups is 1. The number of carbonyl (C=O) groups excluding carboxylic acids is 1. The van der Waals surface area contributed by atoms with Crippen molar-refractivity contribution in [3.63, 3.8) is 0 Å². The maximum atomic E-state index is 13.8. The van der Waals surface area contributed by atoms with Crippen molar-refractivity contribution in [2.75, 3.05) is 13.7 Å². The van der Waals surface area contributed by atoms with Crippen LogP contribution in [0.15, 0.2) is 93.9 Å². The Hall–Kier alpha value is -4.14. The second-order valence-electron chi connectivity index (χ2n) is 9.02. The molecule has 1 unspecified atom stereocenters. The molecule has 204 valence electrons. The number of ether oxygens (including phenoxy) is 3. The zero-order valence-corrected chi connectivity index (χ0v) is 23.8. The lowest BCUT2D eigenvalue weighted by atomic mass is 9.96. The Morgan fingerprint density at radius 1 is 1.10 bits per heavy atom. The van der Waals surface area contributed by atoms with E-state index in [1.165, 1.54) is 18.4 Å². The van der Waals surface area contributed by atoms with Crippen LogP contribution in [0.4, 0.5) is 0 Å². The Kier molecular flexibility index (Phi) is 8.19. The molecular weight excluding hydrogens is 548 g/mol. The molecule has 1 aromatic heterocycles. The summed E-state index contributed by atoms with van der Waals surface area (Å²) in [4.78, 5) is 31.9. The molecule has 5 rings (SSSR count). The summed E-state index contributed by atoms with van der Waals surface area (Å²) in [6.45, 7) is 4.06. The Morgan fingerprint density at radius 3 is 2.48 bits per heavy atom. The van der Waals surface area contributed by atoms with E-state index in [1.54, 1.807) is 36.6 Å². The van der Waals surface area contributed by atoms with Crippen LogP contribution in [0, 0.1) is 0 Å². The molecule has 40 heavy (non-hydrogen) atoms. The molecule has 2 heterocycles. The molecule has 4 aromatic rings. The smallest absolute Gasteiger partial charge is 0.338 e. The van der Waals surface area contributed by atoms with Gasteiger partial charge in [-0.05, 0) is 48.7 Å². The van der Waals surface area contributed by atoms with E-state index in [0.29, 0.717) is 49.3 Å². The number of benzene rings is 3. The van der Waals surface area contributed by atoms with E-state index in [0.717, 1.165) is 11.1 Å². The van der Waals surface area contributed by atoms with Gasteiger partial charge in [0.2, 0.25) is 0 Å². The summed E-state index contributed by atoms with van der Waals surface area (Å²) < 4.78 is 18.9. The van der Waals surface area contributed by atoms with Crippen LogP contribution >= 0.6 is 22.9 Å². The van der Waals surface area contributed by atoms with E-state index < -0.39 is 12.0 Å². The summed E-state index contributed by atoms with van der Waals surface area (Å²) in [5.74, 6) is 0.380. The van der Waals surface area contributed by atoms with Crippen molar-refractivity contribution < 1.29 is 19.0 Å². The Morgan fingerprint density at radius 2 is 1.80 bits per heavy atom. The van der Waals surface area contributed by atoms with Crippen LogP contribution in [0.5, 0.6) is 11.5 Å². The van der Waals surface area contributed by atoms with E-state index in [2.05, 4.69) is 4.99 Å². The van der Waals surface area contributed by atoms with Crippen LogP contribution in [0.3, 0.4) is 0 Å². The van der Waals surface area contributed by atoms with Gasteiger partial charge >= 0.3 is 5.97 Å². The maximum Gasteiger partial charge on any atom is 0.338 e. The van der Waals surface area contributed by atoms with E-state index in [4.69, 9.17) is 25.8 Å². The van der Waals surface area contributed by atoms with Crippen LogP contribution in [0.25, 0.3) is 6.08 Å². The highest BCUT2D eigenvalue weighted by Crippen LogP contribution is 2.37. The van der Waals surface area contributed by atoms with Gasteiger partial charge < -0.3 is 14.2 Å². The van der Waals surface area contributed by atoms with Crippen molar-refractivity contribution in [3.05, 3.63) is 125 Å². The molecule has 0 saturated heterocycles. The normalized spacial score (nSPS) is 14.9. The molecule has 0 aliphatic carbocycles. The SMILES string of the molecule is CCOC(=O)C1=C(C)N=c2s/c(=C/c3cc(Cl)c(OCc4ccccc4)c(OC)c3)c(=O)n2C1c1ccccc1. The van der Waals surface area contributed by atoms with E-state index in [1.807, 2.05) is 60.7 Å². The number of rotatable bonds is 8. The molecule has 0 bridgehead atoms. The third-order valence-corrected chi connectivity index (χ3v) is 7.67. The van der Waals surface area contributed by atoms with Crippen molar-refractivity contribution in [2.24, 2.45) is 4.99 Å². The van der Waals surface area contributed by atoms with Gasteiger partial charge in [0.05, 0.1) is 40.6 Å². The molecule has 1 atom stereocenters. The number of allylic oxidation sites excluding steroid dienone is 1. The number of hydrogen-bond acceptors (Lipinski definition) is 7. The van der Waals surface area contributed by atoms with Crippen LogP contribution < -0.4 is 24.4 Å². The average Bonchev–Trinajstić information content (AvgIpc) is 3.26. The van der Waals surface area contributed by atoms with Gasteiger partial charge in [0.1, 0.15) is 6.61 Å². The minimum atomic E-state index is -0.662. The number of aromatic nitrogens is 1. The van der Waals surface area contributed by atoms with Gasteiger partial charge in [-0.1, -0.05) is 83.6 Å². The van der Waals surface area contributed by atoms with Crippen molar-refractivity contribution in [2.45, 2.75) is 26.5 Å². The van der Waals surface area contributed by atoms with Gasteiger partial charge in [-0.3, -0.25) is 9.36 Å². The first-order chi connectivity index (χ1) is 19.4. The van der Waals surface area contributed by atoms with Gasteiger partial charge in [0.25, 0.3) is 5.56 Å². The van der Waals surface area contributed by atoms with Gasteiger partial charge in [-0.15, -0.1) is 0 Å². The molecule has 3 aromatic carbocycles. The van der Waals surface area contributed by atoms with Crippen LogP contribution in [0.2, 0.25) is 5.02 Å². The van der Waals surface area contributed by atoms with Crippen LogP contribution in [-0.4, -0.2) is 24.3 Å². The molecule has 0 spiro atoms. The Balaban J connectivity index is 1.58. The van der Waals surface area contributed by atoms with Crippen LogP contribution in [0.1, 0.15) is 36.6 Å². The molecule has 1 aliphatic rings. The van der Waals surface area contributed by atoms with E-state index in [-0.39, 0.29) is 12.2 Å². The average molecular weight is 575 g/mol. The maximum absolute atomic E-state index is 13.8. The number of esters is 1. The summed E-state index contributed by atoms with van der Waals surface area (Å²) in [6.07, 6.45) is 1.74. The minimum absolute atomic E-state index is 0.217. The van der Waals surface area contributed by atoms with Crippen molar-refractivity contribution >= 4 is 35.0 Å². The zero-order chi connectivity index (χ0) is 28.2. The highest BCUT2D eigenvalue weighted by Gasteiger charge is 2.33. The number of methoxy groups -OCH3 is 1. The lowest BCUT2D eigenvalue weighted by molar-refractivity contribution is -0.139. The highest BCUT2D eigenvalue weighted by atomic mass is 35.5. The number of nitrogens with zero attached hydrogens (tertiary/aromatic N) is 2. The fraction of sp³-hybridized carbons (Fsp3) is 0.194. The summed E-state index contributed by atoms with van der Waals surface area (Å²) in [5, 5.41) is 0.358. The molecule has 0 N–H and O–H groups in total. The van der Waals surface area contributed by atoms with Gasteiger partial charge in [0, 0.05) is 0 Å². The topological polar surface area (TPSA) is 79.1 Å². The number of hydrogen-bond donors (Lipinski definition) is 0. The Labute approximate surface area is 240 Å². The summed E-state index contributed by atoms with van der Waals surface area (Å²) in [7, 11) is 1.54. The Bertz CT molecular complexity index is 1760. The molecule has 7 nitrogen and oxygen atoms in total. The standard InChI is InChI=1S/C31H27ClN2O5S/c1-4-38-30(36)26-19(2)33-31-34(27(26)22-13-9-6-10-14-22)29(35)25(40-31)17-21-15-23(32)28(24(16-21)37-3)39-18-20-11-7-5-8-12-20/h5-17,27H,4,18H2,1-3H3/b25-17+. The number of thiazole rings is 1. The van der Waals surface area contributed by atoms with Crippen LogP contribution in [-0.2, 0) is 16.1 Å². The fourth-order valence-electron chi connectivity index (χ4n) is 4.59. The first-order valence-electron chi connectivity index (χ1n) is 12.7. The van der Waals surface area contributed by atoms with Crippen molar-refractivity contribution in [3.8, 4) is 11.5 Å². The number of fused-ring (bicyclic) bond motifs is 1. The van der Waals surface area contributed by atoms with E-state index in [9.17, 15) is 9.59 Å². The summed E-state index contributed by atoms with van der Waals surface area (Å²) in [5.41, 5.74) is 3.04. The molecule has 0 saturated carbocycles. The first-order valence-corrected chi connectivity index (χ1v) is 13.9. The molecular formula is C31H27ClN2O5S. The quantitative estimate of drug-likeness (QED) is 0.276. The van der Waals surface area contributed by atoms with Gasteiger partial charge in [-0.25, -0.2) is 9.79 Å². The molecule has 1 aliphatic heterocycles. The predicted molar refractivity (Wildman–Crippen MR) is 156 cm³/mol. The summed E-state index contributed by atoms with van der Waals surface area (Å²) in [6, 6.07) is 22.0. The lowest BCUT2D eigenvalue weighted by Crippen LogP contribution is -2.39. The fourth-order valence-corrected chi connectivity index (χ4v) is 5.91. The lowest BCUT2D eigenvalue weighted by Gasteiger charge is -2.24. The molecule has 0 amide bonds. The van der Waals surface area contributed by atoms with Gasteiger partial charge in [-0.2, -0.15) is 0 Å². The molecule has 0 fully saturated rings. The molecule has 9 heteroatoms.